The fourth-order valence-corrected chi connectivity index (χ4v) is 1.57. The molecule has 0 aliphatic heterocycles. The van der Waals surface area contributed by atoms with E-state index in [0.717, 1.165) is 18.2 Å². The number of hydrogen-bond donors (Lipinski definition) is 2. The Morgan fingerprint density at radius 2 is 2.10 bits per heavy atom. The van der Waals surface area contributed by atoms with Crippen molar-refractivity contribution < 1.29 is 13.6 Å². The van der Waals surface area contributed by atoms with Crippen molar-refractivity contribution in [3.63, 3.8) is 0 Å². The number of benzene rings is 1. The topological polar surface area (TPSA) is 68.0 Å². The molecule has 0 atom stereocenters. The smallest absolute Gasteiger partial charge is 0.259 e. The molecule has 0 bridgehead atoms. The number of nitrogens with one attached hydrogen (secondary N) is 1. The van der Waals surface area contributed by atoms with Crippen LogP contribution >= 0.6 is 0 Å². The van der Waals surface area contributed by atoms with Crippen molar-refractivity contribution >= 4 is 11.7 Å². The zero-order chi connectivity index (χ0) is 15.2. The van der Waals surface area contributed by atoms with E-state index in [4.69, 9.17) is 5.73 Å². The number of anilines is 1. The molecule has 0 fully saturated rings. The van der Waals surface area contributed by atoms with Gasteiger partial charge >= 0.3 is 0 Å². The summed E-state index contributed by atoms with van der Waals surface area (Å²) in [5.74, 6) is 3.22. The van der Waals surface area contributed by atoms with E-state index in [0.29, 0.717) is 5.69 Å². The number of nitrogens with two attached hydrogens (primary N) is 1. The van der Waals surface area contributed by atoms with Gasteiger partial charge in [-0.1, -0.05) is 12.0 Å². The van der Waals surface area contributed by atoms with E-state index in [-0.39, 0.29) is 12.4 Å². The van der Waals surface area contributed by atoms with Crippen molar-refractivity contribution in [2.24, 2.45) is 5.73 Å². The first-order valence-electron chi connectivity index (χ1n) is 6.02. The van der Waals surface area contributed by atoms with Gasteiger partial charge in [0, 0.05) is 0 Å². The lowest BCUT2D eigenvalue weighted by atomic mass is 10.2. The van der Waals surface area contributed by atoms with E-state index in [9.17, 15) is 13.6 Å². The molecule has 1 amide bonds. The second kappa shape index (κ2) is 6.59. The minimum Gasteiger partial charge on any atom is -0.320 e. The summed E-state index contributed by atoms with van der Waals surface area (Å²) < 4.78 is 26.5. The molecule has 1 aromatic carbocycles. The Hall–Kier alpha value is -2.78. The maximum Gasteiger partial charge on any atom is 0.259 e. The quantitative estimate of drug-likeness (QED) is 0.829. The molecule has 0 unspecified atom stereocenters. The van der Waals surface area contributed by atoms with Crippen molar-refractivity contribution in [3.8, 4) is 11.8 Å². The number of nitrogens with zero attached hydrogens (tertiary/aromatic N) is 1. The van der Waals surface area contributed by atoms with Crippen LogP contribution in [-0.2, 0) is 0 Å². The second-order valence-corrected chi connectivity index (χ2v) is 3.99. The van der Waals surface area contributed by atoms with E-state index < -0.39 is 23.1 Å². The normalized spacial score (nSPS) is 9.67. The summed E-state index contributed by atoms with van der Waals surface area (Å²) in [6.45, 7) is 0.187. The SMILES string of the molecule is NCC#Cc1cccc(NC(=O)c2cc(F)ccc2F)n1. The number of pyridine rings is 1. The Morgan fingerprint density at radius 3 is 2.86 bits per heavy atom. The molecule has 1 aromatic heterocycles. The molecule has 3 N–H and O–H groups in total. The predicted molar refractivity (Wildman–Crippen MR) is 74.5 cm³/mol. The molecule has 6 heteroatoms. The standard InChI is InChI=1S/C15H11F2N3O/c16-10-6-7-13(17)12(9-10)15(21)20-14-5-1-3-11(19-14)4-2-8-18/h1,3,5-7,9H,8,18H2,(H,19,20,21). The first-order valence-corrected chi connectivity index (χ1v) is 6.02. The van der Waals surface area contributed by atoms with E-state index in [1.165, 1.54) is 6.07 Å². The van der Waals surface area contributed by atoms with Gasteiger partial charge in [-0.2, -0.15) is 0 Å². The summed E-state index contributed by atoms with van der Waals surface area (Å²) in [5.41, 5.74) is 5.28. The van der Waals surface area contributed by atoms with Gasteiger partial charge in [0.2, 0.25) is 0 Å². The molecule has 0 radical (unpaired) electrons. The Bertz CT molecular complexity index is 735. The van der Waals surface area contributed by atoms with Crippen LogP contribution in [0.3, 0.4) is 0 Å². The highest BCUT2D eigenvalue weighted by Gasteiger charge is 2.13. The van der Waals surface area contributed by atoms with Crippen molar-refractivity contribution in [1.29, 1.82) is 0 Å². The van der Waals surface area contributed by atoms with Crippen LogP contribution in [0, 0.1) is 23.5 Å². The zero-order valence-electron chi connectivity index (χ0n) is 10.9. The summed E-state index contributed by atoms with van der Waals surface area (Å²) in [6.07, 6.45) is 0. The summed E-state index contributed by atoms with van der Waals surface area (Å²) >= 11 is 0. The highest BCUT2D eigenvalue weighted by molar-refractivity contribution is 6.03. The molecule has 0 saturated carbocycles. The van der Waals surface area contributed by atoms with Crippen LogP contribution in [-0.4, -0.2) is 17.4 Å². The van der Waals surface area contributed by atoms with Crippen molar-refractivity contribution in [3.05, 3.63) is 59.3 Å². The van der Waals surface area contributed by atoms with Gasteiger partial charge in [0.15, 0.2) is 0 Å². The van der Waals surface area contributed by atoms with E-state index in [1.807, 2.05) is 0 Å². The molecule has 0 aliphatic rings. The molecule has 0 spiro atoms. The number of carbonyl (C=O) groups is 1. The average molecular weight is 287 g/mol. The fourth-order valence-electron chi connectivity index (χ4n) is 1.57. The van der Waals surface area contributed by atoms with Gasteiger partial charge in [0.05, 0.1) is 12.1 Å². The lowest BCUT2D eigenvalue weighted by Gasteiger charge is -2.05. The number of halogens is 2. The van der Waals surface area contributed by atoms with Crippen molar-refractivity contribution in [2.45, 2.75) is 0 Å². The maximum absolute atomic E-state index is 13.5. The minimum absolute atomic E-state index is 0.187. The highest BCUT2D eigenvalue weighted by atomic mass is 19.1. The van der Waals surface area contributed by atoms with Crippen LogP contribution in [0.4, 0.5) is 14.6 Å². The van der Waals surface area contributed by atoms with Crippen molar-refractivity contribution in [2.75, 3.05) is 11.9 Å². The molecular weight excluding hydrogens is 276 g/mol. The highest BCUT2D eigenvalue weighted by Crippen LogP contribution is 2.12. The third-order valence-electron chi connectivity index (χ3n) is 2.48. The Kier molecular flexibility index (Phi) is 4.59. The van der Waals surface area contributed by atoms with Crippen LogP contribution in [0.2, 0.25) is 0 Å². The van der Waals surface area contributed by atoms with Crippen molar-refractivity contribution in [1.82, 2.24) is 4.98 Å². The molecule has 2 aromatic rings. The Balaban J connectivity index is 2.21. The molecule has 0 saturated heterocycles. The second-order valence-electron chi connectivity index (χ2n) is 3.99. The largest absolute Gasteiger partial charge is 0.320 e. The summed E-state index contributed by atoms with van der Waals surface area (Å²) in [5, 5.41) is 2.39. The van der Waals surface area contributed by atoms with Gasteiger partial charge in [-0.3, -0.25) is 4.79 Å². The van der Waals surface area contributed by atoms with Gasteiger partial charge in [-0.15, -0.1) is 0 Å². The zero-order valence-corrected chi connectivity index (χ0v) is 10.9. The first kappa shape index (κ1) is 14.6. The Labute approximate surface area is 120 Å². The van der Waals surface area contributed by atoms with E-state index >= 15 is 0 Å². The van der Waals surface area contributed by atoms with Crippen LogP contribution < -0.4 is 11.1 Å². The average Bonchev–Trinajstić information content (AvgIpc) is 2.48. The van der Waals surface area contributed by atoms with Gasteiger partial charge in [0.25, 0.3) is 5.91 Å². The number of rotatable bonds is 2. The minimum atomic E-state index is -0.812. The molecule has 1 heterocycles. The van der Waals surface area contributed by atoms with Gasteiger partial charge in [0.1, 0.15) is 23.1 Å². The molecule has 4 nitrogen and oxygen atoms in total. The molecule has 2 rings (SSSR count). The Morgan fingerprint density at radius 1 is 1.29 bits per heavy atom. The first-order chi connectivity index (χ1) is 10.1. The van der Waals surface area contributed by atoms with Gasteiger partial charge in [-0.25, -0.2) is 13.8 Å². The molecule has 106 valence electrons. The molecule has 21 heavy (non-hydrogen) atoms. The third-order valence-corrected chi connectivity index (χ3v) is 2.48. The van der Waals surface area contributed by atoms with Gasteiger partial charge in [-0.05, 0) is 36.3 Å². The lowest BCUT2D eigenvalue weighted by Crippen LogP contribution is -2.15. The third kappa shape index (κ3) is 3.84. The van der Waals surface area contributed by atoms with Crippen LogP contribution in [0.25, 0.3) is 0 Å². The summed E-state index contributed by atoms with van der Waals surface area (Å²) in [4.78, 5) is 15.9. The maximum atomic E-state index is 13.5. The van der Waals surface area contributed by atoms with E-state index in [2.05, 4.69) is 22.1 Å². The fraction of sp³-hybridized carbons (Fsp3) is 0.0667. The number of carbonyl (C=O) groups excluding carboxylic acids is 1. The van der Waals surface area contributed by atoms with E-state index in [1.54, 1.807) is 12.1 Å². The summed E-state index contributed by atoms with van der Waals surface area (Å²) in [6, 6.07) is 7.44. The van der Waals surface area contributed by atoms with Crippen LogP contribution in [0.5, 0.6) is 0 Å². The number of hydrogen-bond acceptors (Lipinski definition) is 3. The van der Waals surface area contributed by atoms with Crippen LogP contribution in [0.15, 0.2) is 36.4 Å². The lowest BCUT2D eigenvalue weighted by molar-refractivity contribution is 0.102. The monoisotopic (exact) mass is 287 g/mol. The van der Waals surface area contributed by atoms with Gasteiger partial charge < -0.3 is 11.1 Å². The summed E-state index contributed by atoms with van der Waals surface area (Å²) in [7, 11) is 0. The number of aromatic nitrogens is 1. The predicted octanol–water partition coefficient (Wildman–Crippen LogP) is 1.92. The number of amides is 1. The molecular formula is C15H11F2N3O. The molecule has 0 aliphatic carbocycles. The van der Waals surface area contributed by atoms with Crippen LogP contribution in [0.1, 0.15) is 16.1 Å².